The molecule has 0 bridgehead atoms. The second-order valence-corrected chi connectivity index (χ2v) is 6.84. The van der Waals surface area contributed by atoms with Gasteiger partial charge in [-0.25, -0.2) is 0 Å². The van der Waals surface area contributed by atoms with E-state index < -0.39 is 0 Å². The topological polar surface area (TPSA) is 109 Å². The summed E-state index contributed by atoms with van der Waals surface area (Å²) in [7, 11) is 1.59. The van der Waals surface area contributed by atoms with Crippen LogP contribution in [0.5, 0.6) is 5.75 Å². The second-order valence-electron chi connectivity index (χ2n) is 6.84. The molecule has 0 saturated carbocycles. The Bertz CT molecular complexity index is 675. The smallest absolute Gasteiger partial charge is 0.251 e. The zero-order valence-electron chi connectivity index (χ0n) is 16.7. The molecule has 2 rings (SSSR count). The standard InChI is InChI=1S/C20H31N5O3/c1-3-22-20(25-12-4-5-15(14-25)13-18(21)26)24-11-10-23-19(27)16-6-8-17(28-2)9-7-16/h6-9,15H,3-5,10-14H2,1-2H3,(H2,21,26)(H,22,24)(H,23,27). The van der Waals surface area contributed by atoms with Crippen LogP contribution in [0.25, 0.3) is 0 Å². The molecule has 1 aromatic rings. The summed E-state index contributed by atoms with van der Waals surface area (Å²) >= 11 is 0. The lowest BCUT2D eigenvalue weighted by molar-refractivity contribution is -0.119. The minimum Gasteiger partial charge on any atom is -0.497 e. The zero-order chi connectivity index (χ0) is 20.4. The number of piperidine rings is 1. The van der Waals surface area contributed by atoms with Gasteiger partial charge < -0.3 is 26.0 Å². The quantitative estimate of drug-likeness (QED) is 0.349. The lowest BCUT2D eigenvalue weighted by atomic mass is 9.95. The molecule has 1 fully saturated rings. The van der Waals surface area contributed by atoms with Crippen molar-refractivity contribution in [2.45, 2.75) is 26.2 Å². The van der Waals surface area contributed by atoms with Crippen molar-refractivity contribution in [1.82, 2.24) is 15.5 Å². The van der Waals surface area contributed by atoms with Crippen molar-refractivity contribution < 1.29 is 14.3 Å². The van der Waals surface area contributed by atoms with Crippen molar-refractivity contribution >= 4 is 17.8 Å². The summed E-state index contributed by atoms with van der Waals surface area (Å²) in [4.78, 5) is 30.2. The Morgan fingerprint density at radius 2 is 2.04 bits per heavy atom. The number of aliphatic imine (C=N–C) groups is 1. The van der Waals surface area contributed by atoms with Crippen LogP contribution in [0, 0.1) is 5.92 Å². The van der Waals surface area contributed by atoms with Crippen LogP contribution in [0.1, 0.15) is 36.5 Å². The summed E-state index contributed by atoms with van der Waals surface area (Å²) < 4.78 is 5.10. The Morgan fingerprint density at radius 1 is 1.29 bits per heavy atom. The highest BCUT2D eigenvalue weighted by atomic mass is 16.5. The number of nitrogens with one attached hydrogen (secondary N) is 2. The summed E-state index contributed by atoms with van der Waals surface area (Å²) in [6.07, 6.45) is 2.43. The number of benzene rings is 1. The summed E-state index contributed by atoms with van der Waals surface area (Å²) in [5, 5.41) is 6.17. The number of rotatable bonds is 8. The number of hydrogen-bond donors (Lipinski definition) is 3. The van der Waals surface area contributed by atoms with E-state index >= 15 is 0 Å². The highest BCUT2D eigenvalue weighted by Crippen LogP contribution is 2.19. The van der Waals surface area contributed by atoms with Crippen LogP contribution in [0.3, 0.4) is 0 Å². The van der Waals surface area contributed by atoms with Crippen LogP contribution < -0.4 is 21.1 Å². The minimum atomic E-state index is -0.255. The van der Waals surface area contributed by atoms with Crippen LogP contribution in [0.2, 0.25) is 0 Å². The molecule has 1 aromatic carbocycles. The Kier molecular flexibility index (Phi) is 8.58. The number of carbonyl (C=O) groups is 2. The first kappa shape index (κ1) is 21.5. The lowest BCUT2D eigenvalue weighted by Gasteiger charge is -2.34. The maximum absolute atomic E-state index is 12.2. The number of amides is 2. The molecule has 2 amide bonds. The molecule has 4 N–H and O–H groups in total. The molecule has 1 heterocycles. The maximum Gasteiger partial charge on any atom is 0.251 e. The van der Waals surface area contributed by atoms with Crippen LogP contribution in [0.4, 0.5) is 0 Å². The average molecular weight is 390 g/mol. The van der Waals surface area contributed by atoms with Crippen molar-refractivity contribution in [3.63, 3.8) is 0 Å². The van der Waals surface area contributed by atoms with Crippen molar-refractivity contribution in [3.8, 4) is 5.75 Å². The zero-order valence-corrected chi connectivity index (χ0v) is 16.7. The molecule has 28 heavy (non-hydrogen) atoms. The van der Waals surface area contributed by atoms with Gasteiger partial charge in [0.25, 0.3) is 5.91 Å². The first-order valence-corrected chi connectivity index (χ1v) is 9.77. The van der Waals surface area contributed by atoms with Gasteiger partial charge in [0.15, 0.2) is 5.96 Å². The van der Waals surface area contributed by atoms with Crippen molar-refractivity contribution in [1.29, 1.82) is 0 Å². The van der Waals surface area contributed by atoms with E-state index in [2.05, 4.69) is 20.5 Å². The maximum atomic E-state index is 12.2. The van der Waals surface area contributed by atoms with E-state index in [1.54, 1.807) is 31.4 Å². The number of methoxy groups -OCH3 is 1. The van der Waals surface area contributed by atoms with E-state index in [1.165, 1.54) is 0 Å². The van der Waals surface area contributed by atoms with Gasteiger partial charge in [-0.15, -0.1) is 0 Å². The molecular weight excluding hydrogens is 358 g/mol. The van der Waals surface area contributed by atoms with E-state index in [4.69, 9.17) is 10.5 Å². The molecule has 8 heteroatoms. The van der Waals surface area contributed by atoms with Gasteiger partial charge in [0.2, 0.25) is 5.91 Å². The SMILES string of the molecule is CCNC(=NCCNC(=O)c1ccc(OC)cc1)N1CCCC(CC(N)=O)C1. The van der Waals surface area contributed by atoms with Gasteiger partial charge in [0.1, 0.15) is 5.75 Å². The van der Waals surface area contributed by atoms with Gasteiger partial charge in [-0.05, 0) is 49.9 Å². The largest absolute Gasteiger partial charge is 0.497 e. The van der Waals surface area contributed by atoms with Crippen molar-refractivity contribution in [3.05, 3.63) is 29.8 Å². The third kappa shape index (κ3) is 6.75. The first-order chi connectivity index (χ1) is 13.5. The summed E-state index contributed by atoms with van der Waals surface area (Å²) in [5.74, 6) is 1.41. The summed E-state index contributed by atoms with van der Waals surface area (Å²) in [6.45, 7) is 5.37. The normalized spacial score (nSPS) is 17.1. The van der Waals surface area contributed by atoms with Crippen molar-refractivity contribution in [2.75, 3.05) is 39.8 Å². The summed E-state index contributed by atoms with van der Waals surface area (Å²) in [5.41, 5.74) is 5.93. The third-order valence-corrected chi connectivity index (χ3v) is 4.65. The lowest BCUT2D eigenvalue weighted by Crippen LogP contribution is -2.47. The number of primary amides is 1. The van der Waals surface area contributed by atoms with Gasteiger partial charge in [-0.2, -0.15) is 0 Å². The molecule has 1 unspecified atom stereocenters. The van der Waals surface area contributed by atoms with Crippen LogP contribution in [-0.2, 0) is 4.79 Å². The number of guanidine groups is 1. The molecule has 1 atom stereocenters. The highest BCUT2D eigenvalue weighted by molar-refractivity contribution is 5.94. The van der Waals surface area contributed by atoms with E-state index in [9.17, 15) is 9.59 Å². The second kappa shape index (κ2) is 11.2. The van der Waals surface area contributed by atoms with E-state index in [-0.39, 0.29) is 17.7 Å². The van der Waals surface area contributed by atoms with Crippen LogP contribution in [-0.4, -0.2) is 62.5 Å². The Balaban J connectivity index is 1.86. The molecule has 8 nitrogen and oxygen atoms in total. The summed E-state index contributed by atoms with van der Waals surface area (Å²) in [6, 6.07) is 6.98. The Labute approximate surface area is 166 Å². The van der Waals surface area contributed by atoms with Crippen molar-refractivity contribution in [2.24, 2.45) is 16.6 Å². The minimum absolute atomic E-state index is 0.137. The number of nitrogens with two attached hydrogens (primary N) is 1. The fraction of sp³-hybridized carbons (Fsp3) is 0.550. The first-order valence-electron chi connectivity index (χ1n) is 9.77. The van der Waals surface area contributed by atoms with Gasteiger partial charge in [0.05, 0.1) is 13.7 Å². The molecule has 154 valence electrons. The Hall–Kier alpha value is -2.77. The number of carbonyl (C=O) groups excluding carboxylic acids is 2. The molecule has 1 saturated heterocycles. The van der Waals surface area contributed by atoms with E-state index in [0.29, 0.717) is 30.8 Å². The number of ether oxygens (including phenoxy) is 1. The molecule has 0 aromatic heterocycles. The predicted molar refractivity (Wildman–Crippen MR) is 109 cm³/mol. The van der Waals surface area contributed by atoms with Gasteiger partial charge >= 0.3 is 0 Å². The monoisotopic (exact) mass is 389 g/mol. The van der Waals surface area contributed by atoms with Gasteiger partial charge in [0, 0.05) is 38.2 Å². The van der Waals surface area contributed by atoms with E-state index in [0.717, 1.165) is 38.4 Å². The Morgan fingerprint density at radius 3 is 2.68 bits per heavy atom. The molecule has 0 radical (unpaired) electrons. The predicted octanol–water partition coefficient (Wildman–Crippen LogP) is 0.978. The fourth-order valence-electron chi connectivity index (χ4n) is 3.31. The number of hydrogen-bond acceptors (Lipinski definition) is 4. The molecule has 0 aliphatic carbocycles. The number of likely N-dealkylation sites (tertiary alicyclic amines) is 1. The molecule has 1 aliphatic heterocycles. The number of nitrogens with zero attached hydrogens (tertiary/aromatic N) is 2. The van der Waals surface area contributed by atoms with Crippen LogP contribution >= 0.6 is 0 Å². The third-order valence-electron chi connectivity index (χ3n) is 4.65. The van der Waals surface area contributed by atoms with Crippen LogP contribution in [0.15, 0.2) is 29.3 Å². The average Bonchev–Trinajstić information content (AvgIpc) is 2.70. The molecule has 0 spiro atoms. The fourth-order valence-corrected chi connectivity index (χ4v) is 3.31. The van der Waals surface area contributed by atoms with E-state index in [1.807, 2.05) is 6.92 Å². The molecule has 1 aliphatic rings. The highest BCUT2D eigenvalue weighted by Gasteiger charge is 2.23. The molecular formula is C20H31N5O3. The van der Waals surface area contributed by atoms with Gasteiger partial charge in [-0.1, -0.05) is 0 Å². The van der Waals surface area contributed by atoms with Gasteiger partial charge in [-0.3, -0.25) is 14.6 Å².